The van der Waals surface area contributed by atoms with Crippen LogP contribution in [0, 0.1) is 0 Å². The zero-order chi connectivity index (χ0) is 9.35. The first kappa shape index (κ1) is 13.1. The third-order valence-corrected chi connectivity index (χ3v) is 3.33. The molecule has 0 aliphatic heterocycles. The fraction of sp³-hybridized carbons (Fsp3) is 0. The van der Waals surface area contributed by atoms with Crippen LogP contribution in [0.15, 0.2) is 18.2 Å². The Labute approximate surface area is 99.3 Å². The Bertz CT molecular complexity index is 347. The van der Waals surface area contributed by atoms with Crippen LogP contribution in [-0.2, 0) is 3.74 Å². The molecule has 0 spiro atoms. The second-order valence-corrected chi connectivity index (χ2v) is 5.39. The average molecular weight is 256 g/mol. The molecular formula is C6H6AsNaO5. The Morgan fingerprint density at radius 2 is 1.85 bits per heavy atom. The predicted molar refractivity (Wildman–Crippen MR) is 38.1 cm³/mol. The van der Waals surface area contributed by atoms with E-state index in [1.807, 2.05) is 0 Å². The summed E-state index contributed by atoms with van der Waals surface area (Å²) in [5.74, 6) is -0.907. The maximum absolute atomic E-state index is 10.6. The molecule has 1 aromatic rings. The van der Waals surface area contributed by atoms with E-state index in [2.05, 4.69) is 0 Å². The molecule has 1 rings (SSSR count). The fourth-order valence-electron chi connectivity index (χ4n) is 0.751. The standard InChI is InChI=1S/C6H7AsO5.Na/c8-4-1-2-5(6(9)3-4)7(10,11)12;/h1-3,8-9H,(H2,10,11,12);/q;+1/p-1. The Balaban J connectivity index is 0.00000144. The van der Waals surface area contributed by atoms with E-state index in [1.54, 1.807) is 0 Å². The summed E-state index contributed by atoms with van der Waals surface area (Å²) < 4.78 is 29.2. The maximum atomic E-state index is 10.6. The van der Waals surface area contributed by atoms with Gasteiger partial charge in [0.2, 0.25) is 0 Å². The van der Waals surface area contributed by atoms with Gasteiger partial charge in [-0.15, -0.1) is 0 Å². The molecule has 7 heteroatoms. The summed E-state index contributed by atoms with van der Waals surface area (Å²) in [5, 5.41) is 17.7. The van der Waals surface area contributed by atoms with Gasteiger partial charge in [-0.3, -0.25) is 0 Å². The molecule has 0 amide bonds. The molecule has 0 saturated heterocycles. The van der Waals surface area contributed by atoms with E-state index < -0.39 is 24.3 Å². The summed E-state index contributed by atoms with van der Waals surface area (Å²) in [6.07, 6.45) is 0. The molecule has 3 N–H and O–H groups in total. The quantitative estimate of drug-likeness (QED) is 0.437. The molecular weight excluding hydrogens is 250 g/mol. The summed E-state index contributed by atoms with van der Waals surface area (Å²) in [7, 11) is 0. The molecule has 66 valence electrons. The number of phenolic OH excluding ortho intramolecular Hbond substituents is 2. The molecule has 0 saturated carbocycles. The van der Waals surface area contributed by atoms with Gasteiger partial charge in [-0.25, -0.2) is 0 Å². The first-order valence-electron chi connectivity index (χ1n) is 2.97. The molecule has 0 bridgehead atoms. The van der Waals surface area contributed by atoms with E-state index in [9.17, 15) is 7.84 Å². The third-order valence-electron chi connectivity index (χ3n) is 1.26. The van der Waals surface area contributed by atoms with E-state index in [1.165, 1.54) is 0 Å². The summed E-state index contributed by atoms with van der Waals surface area (Å²) in [6, 6.07) is 2.85. The first-order chi connectivity index (χ1) is 5.41. The van der Waals surface area contributed by atoms with Gasteiger partial charge in [-0.05, 0) is 0 Å². The van der Waals surface area contributed by atoms with Gasteiger partial charge < -0.3 is 0 Å². The van der Waals surface area contributed by atoms with Crippen molar-refractivity contribution in [1.29, 1.82) is 0 Å². The van der Waals surface area contributed by atoms with Gasteiger partial charge in [0.15, 0.2) is 0 Å². The predicted octanol–water partition coefficient (Wildman–Crippen LogP) is -4.97. The number of hydrogen-bond donors (Lipinski definition) is 3. The Hall–Kier alpha value is 0.0984. The Morgan fingerprint density at radius 3 is 2.23 bits per heavy atom. The molecule has 5 nitrogen and oxygen atoms in total. The topological polar surface area (TPSA) is 101 Å². The third kappa shape index (κ3) is 3.38. The van der Waals surface area contributed by atoms with Crippen molar-refractivity contribution in [3.05, 3.63) is 18.2 Å². The van der Waals surface area contributed by atoms with Crippen molar-refractivity contribution in [2.75, 3.05) is 0 Å². The molecule has 13 heavy (non-hydrogen) atoms. The van der Waals surface area contributed by atoms with E-state index in [0.29, 0.717) is 0 Å². The first-order valence-corrected chi connectivity index (χ1v) is 6.28. The zero-order valence-electron chi connectivity index (χ0n) is 6.84. The van der Waals surface area contributed by atoms with Gasteiger partial charge in [-0.1, -0.05) is 0 Å². The van der Waals surface area contributed by atoms with E-state index in [0.717, 1.165) is 18.2 Å². The van der Waals surface area contributed by atoms with E-state index in [-0.39, 0.29) is 35.3 Å². The minimum Gasteiger partial charge on any atom is 1.00 e. The van der Waals surface area contributed by atoms with Crippen LogP contribution in [0.4, 0.5) is 0 Å². The second-order valence-electron chi connectivity index (χ2n) is 2.19. The maximum Gasteiger partial charge on any atom is 1.00 e. The van der Waals surface area contributed by atoms with Crippen molar-refractivity contribution in [1.82, 2.24) is 0 Å². The van der Waals surface area contributed by atoms with Crippen molar-refractivity contribution in [2.24, 2.45) is 0 Å². The number of hydrogen-bond acceptors (Lipinski definition) is 4. The smallest absolute Gasteiger partial charge is 1.00 e. The molecule has 1 unspecified atom stereocenters. The van der Waals surface area contributed by atoms with Gasteiger partial charge in [0.25, 0.3) is 0 Å². The van der Waals surface area contributed by atoms with Crippen molar-refractivity contribution in [3.63, 3.8) is 0 Å². The largest absolute Gasteiger partial charge is 1.00 e. The van der Waals surface area contributed by atoms with Crippen LogP contribution in [0.2, 0.25) is 0 Å². The summed E-state index contributed by atoms with van der Waals surface area (Å²) in [4.78, 5) is 0. The minimum atomic E-state index is -5.29. The van der Waals surface area contributed by atoms with E-state index >= 15 is 0 Å². The van der Waals surface area contributed by atoms with Gasteiger partial charge in [0.1, 0.15) is 0 Å². The number of benzene rings is 1. The molecule has 0 heterocycles. The summed E-state index contributed by atoms with van der Waals surface area (Å²) in [6.45, 7) is 0. The average Bonchev–Trinajstić information content (AvgIpc) is 1.83. The van der Waals surface area contributed by atoms with Crippen molar-refractivity contribution in [2.45, 2.75) is 0 Å². The van der Waals surface area contributed by atoms with Crippen molar-refractivity contribution < 1.29 is 51.7 Å². The number of aromatic hydroxyl groups is 2. The van der Waals surface area contributed by atoms with Gasteiger partial charge in [-0.2, -0.15) is 0 Å². The van der Waals surface area contributed by atoms with Crippen molar-refractivity contribution >= 4 is 18.5 Å². The second kappa shape index (κ2) is 4.55. The zero-order valence-corrected chi connectivity index (χ0v) is 10.7. The van der Waals surface area contributed by atoms with Crippen LogP contribution in [0.3, 0.4) is 0 Å². The summed E-state index contributed by atoms with van der Waals surface area (Å²) >= 11 is -5.29. The minimum absolute atomic E-state index is 0. The molecule has 0 aromatic heterocycles. The Kier molecular flexibility index (Phi) is 4.58. The number of phenols is 2. The summed E-state index contributed by atoms with van der Waals surface area (Å²) in [5.41, 5.74) is 0. The number of rotatable bonds is 1. The van der Waals surface area contributed by atoms with Crippen LogP contribution in [-0.4, -0.2) is 28.5 Å². The van der Waals surface area contributed by atoms with Gasteiger partial charge >= 0.3 is 99.9 Å². The molecule has 0 radical (unpaired) electrons. The monoisotopic (exact) mass is 256 g/mol. The van der Waals surface area contributed by atoms with Crippen LogP contribution < -0.4 is 38.0 Å². The Morgan fingerprint density at radius 1 is 1.31 bits per heavy atom. The molecule has 0 aliphatic carbocycles. The van der Waals surface area contributed by atoms with Crippen LogP contribution in [0.1, 0.15) is 0 Å². The van der Waals surface area contributed by atoms with Crippen LogP contribution in [0.5, 0.6) is 11.5 Å². The molecule has 0 aliphatic rings. The molecule has 1 atom stereocenters. The van der Waals surface area contributed by atoms with Gasteiger partial charge in [0, 0.05) is 0 Å². The fourth-order valence-corrected chi connectivity index (χ4v) is 2.05. The van der Waals surface area contributed by atoms with Crippen LogP contribution in [0.25, 0.3) is 0 Å². The normalized spacial score (nSPS) is 14.3. The molecule has 0 fully saturated rings. The van der Waals surface area contributed by atoms with E-state index in [4.69, 9.17) is 14.3 Å². The molecule has 1 aromatic carbocycles. The van der Waals surface area contributed by atoms with Crippen LogP contribution >= 0.6 is 0 Å². The SMILES string of the molecule is O=[As]([O-])(O)c1ccc(O)cc1O.[Na+]. The van der Waals surface area contributed by atoms with Gasteiger partial charge in [0.05, 0.1) is 0 Å². The van der Waals surface area contributed by atoms with Crippen molar-refractivity contribution in [3.8, 4) is 11.5 Å².